The van der Waals surface area contributed by atoms with Gasteiger partial charge in [0.05, 0.1) is 6.07 Å². The summed E-state index contributed by atoms with van der Waals surface area (Å²) in [6.45, 7) is 9.18. The first-order valence-corrected chi connectivity index (χ1v) is 8.70. The highest BCUT2D eigenvalue weighted by molar-refractivity contribution is 5.09. The van der Waals surface area contributed by atoms with Gasteiger partial charge in [-0.05, 0) is 72.1 Å². The molecule has 1 aliphatic carbocycles. The Bertz CT molecular complexity index is 360. The molecule has 1 aliphatic heterocycles. The van der Waals surface area contributed by atoms with Crippen molar-refractivity contribution in [3.05, 3.63) is 0 Å². The fraction of sp³-hybridized carbons (Fsp3) is 0.941. The second kappa shape index (κ2) is 7.58. The van der Waals surface area contributed by atoms with E-state index in [2.05, 4.69) is 42.1 Å². The number of rotatable bonds is 7. The average Bonchev–Trinajstić information content (AvgIpc) is 3.28. The monoisotopic (exact) mass is 292 g/mol. The zero-order valence-corrected chi connectivity index (χ0v) is 14.1. The van der Waals surface area contributed by atoms with E-state index in [1.165, 1.54) is 32.4 Å². The van der Waals surface area contributed by atoms with E-state index in [9.17, 15) is 5.26 Å². The van der Waals surface area contributed by atoms with Gasteiger partial charge < -0.3 is 4.90 Å². The smallest absolute Gasteiger partial charge is 0.106 e. The Morgan fingerprint density at radius 2 is 2.10 bits per heavy atom. The van der Waals surface area contributed by atoms with Crippen LogP contribution >= 0.6 is 0 Å². The van der Waals surface area contributed by atoms with Gasteiger partial charge in [0.2, 0.25) is 0 Å². The van der Waals surface area contributed by atoms with Crippen LogP contribution in [0.3, 0.4) is 0 Å². The van der Waals surface area contributed by atoms with Crippen LogP contribution in [0, 0.1) is 11.3 Å². The molecule has 2 fully saturated rings. The van der Waals surface area contributed by atoms with Crippen LogP contribution in [0.1, 0.15) is 52.4 Å². The molecule has 1 saturated carbocycles. The van der Waals surface area contributed by atoms with Crippen molar-refractivity contribution in [3.63, 3.8) is 0 Å². The van der Waals surface area contributed by atoms with Gasteiger partial charge in [0.25, 0.3) is 0 Å². The zero-order valence-electron chi connectivity index (χ0n) is 14.1. The van der Waals surface area contributed by atoms with Crippen molar-refractivity contribution < 1.29 is 0 Å². The Morgan fingerprint density at radius 3 is 2.71 bits per heavy atom. The van der Waals surface area contributed by atoms with Crippen LogP contribution in [-0.2, 0) is 0 Å². The summed E-state index contributed by atoms with van der Waals surface area (Å²) in [6, 6.07) is 3.81. The van der Waals surface area contributed by atoms with E-state index in [-0.39, 0.29) is 5.54 Å². The fourth-order valence-electron chi connectivity index (χ4n) is 3.47. The van der Waals surface area contributed by atoms with Crippen molar-refractivity contribution in [2.24, 2.45) is 0 Å². The molecule has 2 atom stereocenters. The SMILES string of the molecule is CCC(C#N)(CCCN1CCCN(C)CC1C)NC1CC1. The molecule has 0 bridgehead atoms. The predicted molar refractivity (Wildman–Crippen MR) is 87.2 cm³/mol. The maximum atomic E-state index is 9.59. The molecule has 0 amide bonds. The van der Waals surface area contributed by atoms with Crippen LogP contribution in [0.25, 0.3) is 0 Å². The summed E-state index contributed by atoms with van der Waals surface area (Å²) in [5, 5.41) is 13.2. The van der Waals surface area contributed by atoms with E-state index >= 15 is 0 Å². The molecule has 0 aromatic carbocycles. The van der Waals surface area contributed by atoms with Crippen LogP contribution in [0.15, 0.2) is 0 Å². The van der Waals surface area contributed by atoms with Gasteiger partial charge >= 0.3 is 0 Å². The van der Waals surface area contributed by atoms with Gasteiger partial charge in [0, 0.05) is 18.6 Å². The first-order chi connectivity index (χ1) is 10.1. The molecule has 2 aliphatic rings. The van der Waals surface area contributed by atoms with Crippen LogP contribution in [0.4, 0.5) is 0 Å². The molecule has 2 rings (SSSR count). The fourth-order valence-corrected chi connectivity index (χ4v) is 3.47. The predicted octanol–water partition coefficient (Wildman–Crippen LogP) is 2.22. The van der Waals surface area contributed by atoms with Crippen molar-refractivity contribution in [2.75, 3.05) is 33.2 Å². The van der Waals surface area contributed by atoms with Crippen molar-refractivity contribution >= 4 is 0 Å². The minimum Gasteiger partial charge on any atom is -0.305 e. The summed E-state index contributed by atoms with van der Waals surface area (Å²) in [7, 11) is 2.22. The summed E-state index contributed by atoms with van der Waals surface area (Å²) >= 11 is 0. The Morgan fingerprint density at radius 1 is 1.33 bits per heavy atom. The third kappa shape index (κ3) is 4.95. The quantitative estimate of drug-likeness (QED) is 0.781. The number of nitriles is 1. The molecule has 0 aromatic heterocycles. The van der Waals surface area contributed by atoms with Gasteiger partial charge in [0.15, 0.2) is 0 Å². The number of nitrogens with zero attached hydrogens (tertiary/aromatic N) is 3. The van der Waals surface area contributed by atoms with Crippen LogP contribution in [0.2, 0.25) is 0 Å². The molecule has 21 heavy (non-hydrogen) atoms. The Balaban J connectivity index is 1.79. The van der Waals surface area contributed by atoms with Gasteiger partial charge in [-0.2, -0.15) is 5.26 Å². The van der Waals surface area contributed by atoms with Crippen LogP contribution in [-0.4, -0.2) is 60.6 Å². The summed E-state index contributed by atoms with van der Waals surface area (Å²) < 4.78 is 0. The Labute approximate surface area is 130 Å². The van der Waals surface area contributed by atoms with Crippen molar-refractivity contribution in [2.45, 2.75) is 70.0 Å². The van der Waals surface area contributed by atoms with Gasteiger partial charge in [-0.15, -0.1) is 0 Å². The third-order valence-corrected chi connectivity index (χ3v) is 5.11. The second-order valence-corrected chi connectivity index (χ2v) is 7.07. The third-order valence-electron chi connectivity index (χ3n) is 5.11. The van der Waals surface area contributed by atoms with Crippen molar-refractivity contribution in [1.29, 1.82) is 5.26 Å². The lowest BCUT2D eigenvalue weighted by Crippen LogP contribution is -2.45. The minimum atomic E-state index is -0.285. The second-order valence-electron chi connectivity index (χ2n) is 7.07. The molecular weight excluding hydrogens is 260 g/mol. The summed E-state index contributed by atoms with van der Waals surface area (Å²) in [4.78, 5) is 5.04. The number of likely N-dealkylation sites (N-methyl/N-ethyl adjacent to an activating group) is 1. The summed E-state index contributed by atoms with van der Waals surface area (Å²) in [6.07, 6.45) is 6.78. The number of hydrogen-bond donors (Lipinski definition) is 1. The molecular formula is C17H32N4. The Hall–Kier alpha value is -0.630. The largest absolute Gasteiger partial charge is 0.305 e. The average molecular weight is 292 g/mol. The van der Waals surface area contributed by atoms with Crippen molar-refractivity contribution in [1.82, 2.24) is 15.1 Å². The molecule has 0 radical (unpaired) electrons. The van der Waals surface area contributed by atoms with Crippen LogP contribution < -0.4 is 5.32 Å². The van der Waals surface area contributed by atoms with E-state index in [0.717, 1.165) is 32.4 Å². The Kier molecular flexibility index (Phi) is 6.04. The highest BCUT2D eigenvalue weighted by Gasteiger charge is 2.34. The first-order valence-electron chi connectivity index (χ1n) is 8.70. The molecule has 1 heterocycles. The highest BCUT2D eigenvalue weighted by atomic mass is 15.2. The molecule has 4 nitrogen and oxygen atoms in total. The highest BCUT2D eigenvalue weighted by Crippen LogP contribution is 2.27. The molecule has 2 unspecified atom stereocenters. The maximum Gasteiger partial charge on any atom is 0.106 e. The minimum absolute atomic E-state index is 0.285. The number of hydrogen-bond acceptors (Lipinski definition) is 4. The van der Waals surface area contributed by atoms with Gasteiger partial charge in [-0.1, -0.05) is 6.92 Å². The van der Waals surface area contributed by atoms with Gasteiger partial charge in [-0.3, -0.25) is 10.2 Å². The van der Waals surface area contributed by atoms with Crippen molar-refractivity contribution in [3.8, 4) is 6.07 Å². The summed E-state index contributed by atoms with van der Waals surface area (Å²) in [5.74, 6) is 0. The van der Waals surface area contributed by atoms with E-state index in [4.69, 9.17) is 0 Å². The lowest BCUT2D eigenvalue weighted by Gasteiger charge is -2.31. The van der Waals surface area contributed by atoms with E-state index in [1.807, 2.05) is 0 Å². The zero-order chi connectivity index (χ0) is 15.3. The molecule has 0 spiro atoms. The van der Waals surface area contributed by atoms with Crippen LogP contribution in [0.5, 0.6) is 0 Å². The van der Waals surface area contributed by atoms with Gasteiger partial charge in [0.1, 0.15) is 5.54 Å². The summed E-state index contributed by atoms with van der Waals surface area (Å²) in [5.41, 5.74) is -0.285. The van der Waals surface area contributed by atoms with E-state index in [0.29, 0.717) is 12.1 Å². The molecule has 0 aromatic rings. The topological polar surface area (TPSA) is 42.3 Å². The molecule has 4 heteroatoms. The van der Waals surface area contributed by atoms with Gasteiger partial charge in [-0.25, -0.2) is 0 Å². The molecule has 120 valence electrons. The standard InChI is InChI=1S/C17H32N4/c1-4-17(14-18,19-16-7-8-16)9-5-11-21-12-6-10-20(3)13-15(21)2/h15-16,19H,4-13H2,1-3H3. The normalized spacial score (nSPS) is 27.8. The lowest BCUT2D eigenvalue weighted by atomic mass is 9.91. The van der Waals surface area contributed by atoms with E-state index < -0.39 is 0 Å². The van der Waals surface area contributed by atoms with E-state index in [1.54, 1.807) is 0 Å². The molecule has 1 N–H and O–H groups in total. The lowest BCUT2D eigenvalue weighted by molar-refractivity contribution is 0.192. The maximum absolute atomic E-state index is 9.59. The number of nitrogens with one attached hydrogen (secondary N) is 1. The molecule has 1 saturated heterocycles. The first kappa shape index (κ1) is 16.7.